The number of carbonyl (C=O) groups excluding carboxylic acids is 1. The van der Waals surface area contributed by atoms with Crippen LogP contribution in [0.5, 0.6) is 0 Å². The largest absolute Gasteiger partial charge is 0.294 e. The number of hydrogen-bond donors (Lipinski definition) is 0. The van der Waals surface area contributed by atoms with Gasteiger partial charge in [0.2, 0.25) is 0 Å². The van der Waals surface area contributed by atoms with Crippen molar-refractivity contribution < 1.29 is 13.2 Å². The van der Waals surface area contributed by atoms with Gasteiger partial charge in [0.15, 0.2) is 5.78 Å². The van der Waals surface area contributed by atoms with Gasteiger partial charge in [0.05, 0.1) is 17.1 Å². The first-order chi connectivity index (χ1) is 13.5. The van der Waals surface area contributed by atoms with Crippen LogP contribution in [-0.4, -0.2) is 19.2 Å². The average molecular weight is 394 g/mol. The molecule has 1 aromatic heterocycles. The highest BCUT2D eigenvalue weighted by Crippen LogP contribution is 2.26. The molecule has 0 aliphatic rings. The van der Waals surface area contributed by atoms with Crippen LogP contribution in [0.3, 0.4) is 0 Å². The zero-order chi connectivity index (χ0) is 20.0. The molecule has 0 aliphatic heterocycles. The summed E-state index contributed by atoms with van der Waals surface area (Å²) in [7, 11) is -3.78. The fourth-order valence-corrected chi connectivity index (χ4v) is 4.35. The molecule has 6 heteroatoms. The zero-order valence-electron chi connectivity index (χ0n) is 15.7. The van der Waals surface area contributed by atoms with Crippen LogP contribution < -0.4 is 4.31 Å². The van der Waals surface area contributed by atoms with Crippen molar-refractivity contribution in [3.05, 3.63) is 90.3 Å². The summed E-state index contributed by atoms with van der Waals surface area (Å²) < 4.78 is 27.9. The van der Waals surface area contributed by atoms with Gasteiger partial charge < -0.3 is 0 Å². The number of ketones is 1. The van der Waals surface area contributed by atoms with E-state index in [-0.39, 0.29) is 17.2 Å². The van der Waals surface area contributed by atoms with Crippen molar-refractivity contribution in [2.75, 3.05) is 4.31 Å². The van der Waals surface area contributed by atoms with Gasteiger partial charge in [-0.1, -0.05) is 31.2 Å². The van der Waals surface area contributed by atoms with Gasteiger partial charge >= 0.3 is 0 Å². The van der Waals surface area contributed by atoms with Crippen LogP contribution in [0, 0.1) is 0 Å². The minimum Gasteiger partial charge on any atom is -0.294 e. The number of rotatable bonds is 8. The maximum atomic E-state index is 13.3. The predicted octanol–water partition coefficient (Wildman–Crippen LogP) is 4.46. The van der Waals surface area contributed by atoms with Gasteiger partial charge in [0.1, 0.15) is 0 Å². The quantitative estimate of drug-likeness (QED) is 0.529. The van der Waals surface area contributed by atoms with E-state index in [1.165, 1.54) is 4.31 Å². The smallest absolute Gasteiger partial charge is 0.264 e. The molecule has 0 atom stereocenters. The third kappa shape index (κ3) is 4.46. The van der Waals surface area contributed by atoms with Gasteiger partial charge in [0, 0.05) is 24.4 Å². The van der Waals surface area contributed by atoms with Crippen LogP contribution in [0.25, 0.3) is 0 Å². The number of sulfonamides is 1. The lowest BCUT2D eigenvalue weighted by atomic mass is 10.1. The van der Waals surface area contributed by atoms with Crippen molar-refractivity contribution in [1.82, 2.24) is 4.98 Å². The predicted molar refractivity (Wildman–Crippen MR) is 110 cm³/mol. The number of hydrogen-bond acceptors (Lipinski definition) is 4. The standard InChI is InChI=1S/C22H22N2O3S/c1-2-7-22(25)19-11-13-20(14-12-19)24(17-18-8-6-15-23-16-18)28(26,27)21-9-4-3-5-10-21/h3-6,8-16H,2,7,17H2,1H3. The monoisotopic (exact) mass is 394 g/mol. The fourth-order valence-electron chi connectivity index (χ4n) is 2.88. The lowest BCUT2D eigenvalue weighted by molar-refractivity contribution is 0.0982. The third-order valence-electron chi connectivity index (χ3n) is 4.33. The van der Waals surface area contributed by atoms with Crippen LogP contribution in [-0.2, 0) is 16.6 Å². The number of benzene rings is 2. The van der Waals surface area contributed by atoms with Crippen molar-refractivity contribution in [2.45, 2.75) is 31.2 Å². The maximum absolute atomic E-state index is 13.3. The average Bonchev–Trinajstić information content (AvgIpc) is 2.73. The highest BCUT2D eigenvalue weighted by Gasteiger charge is 2.25. The second kappa shape index (κ2) is 8.80. The molecule has 3 aromatic rings. The molecule has 0 amide bonds. The van der Waals surface area contributed by atoms with Crippen LogP contribution in [0.1, 0.15) is 35.7 Å². The number of anilines is 1. The van der Waals surface area contributed by atoms with E-state index in [9.17, 15) is 13.2 Å². The molecule has 28 heavy (non-hydrogen) atoms. The van der Waals surface area contributed by atoms with Gasteiger partial charge in [-0.25, -0.2) is 8.42 Å². The van der Waals surface area contributed by atoms with Gasteiger partial charge in [-0.05, 0) is 54.4 Å². The molecule has 5 nitrogen and oxygen atoms in total. The summed E-state index contributed by atoms with van der Waals surface area (Å²) in [5.41, 5.74) is 1.86. The van der Waals surface area contributed by atoms with Gasteiger partial charge in [0.25, 0.3) is 10.0 Å². The molecule has 0 saturated heterocycles. The molecule has 0 bridgehead atoms. The Morgan fingerprint density at radius 2 is 1.68 bits per heavy atom. The SMILES string of the molecule is CCCC(=O)c1ccc(N(Cc2cccnc2)S(=O)(=O)c2ccccc2)cc1. The molecule has 3 rings (SSSR count). The summed E-state index contributed by atoms with van der Waals surface area (Å²) in [5.74, 6) is 0.0544. The number of aromatic nitrogens is 1. The molecule has 144 valence electrons. The molecule has 1 heterocycles. The molecule has 0 N–H and O–H groups in total. The minimum atomic E-state index is -3.78. The van der Waals surface area contributed by atoms with E-state index >= 15 is 0 Å². The highest BCUT2D eigenvalue weighted by molar-refractivity contribution is 7.92. The normalized spacial score (nSPS) is 11.2. The molecule has 0 unspecified atom stereocenters. The van der Waals surface area contributed by atoms with Crippen LogP contribution in [0.4, 0.5) is 5.69 Å². The van der Waals surface area contributed by atoms with Crippen molar-refractivity contribution >= 4 is 21.5 Å². The van der Waals surface area contributed by atoms with Crippen molar-refractivity contribution in [2.24, 2.45) is 0 Å². The number of pyridine rings is 1. The summed E-state index contributed by atoms with van der Waals surface area (Å²) in [5, 5.41) is 0. The summed E-state index contributed by atoms with van der Waals surface area (Å²) in [4.78, 5) is 16.4. The Balaban J connectivity index is 2.00. The molecule has 0 fully saturated rings. The Hall–Kier alpha value is -2.99. The third-order valence-corrected chi connectivity index (χ3v) is 6.12. The lowest BCUT2D eigenvalue weighted by Crippen LogP contribution is -2.30. The lowest BCUT2D eigenvalue weighted by Gasteiger charge is -2.25. The molecule has 0 spiro atoms. The second-order valence-corrected chi connectivity index (χ2v) is 8.27. The van der Waals surface area contributed by atoms with E-state index in [0.717, 1.165) is 12.0 Å². The van der Waals surface area contributed by atoms with Gasteiger partial charge in [-0.3, -0.25) is 14.1 Å². The Kier molecular flexibility index (Phi) is 6.21. The Morgan fingerprint density at radius 1 is 0.964 bits per heavy atom. The molecule has 0 radical (unpaired) electrons. The van der Waals surface area contributed by atoms with Crippen molar-refractivity contribution in [3.63, 3.8) is 0 Å². The van der Waals surface area contributed by atoms with Crippen molar-refractivity contribution in [1.29, 1.82) is 0 Å². The Bertz CT molecular complexity index is 1020. The van der Waals surface area contributed by atoms with E-state index in [2.05, 4.69) is 4.98 Å². The summed E-state index contributed by atoms with van der Waals surface area (Å²) in [6, 6.07) is 18.7. The van der Waals surface area contributed by atoms with Crippen molar-refractivity contribution in [3.8, 4) is 0 Å². The molecule has 2 aromatic carbocycles. The van der Waals surface area contributed by atoms with E-state index in [1.54, 1.807) is 73.1 Å². The van der Waals surface area contributed by atoms with E-state index in [4.69, 9.17) is 0 Å². The van der Waals surface area contributed by atoms with Crippen LogP contribution in [0.2, 0.25) is 0 Å². The van der Waals surface area contributed by atoms with Crippen LogP contribution >= 0.6 is 0 Å². The van der Waals surface area contributed by atoms with E-state index < -0.39 is 10.0 Å². The number of carbonyl (C=O) groups is 1. The summed E-state index contributed by atoms with van der Waals surface area (Å²) >= 11 is 0. The van der Waals surface area contributed by atoms with Gasteiger partial charge in [-0.2, -0.15) is 0 Å². The van der Waals surface area contributed by atoms with E-state index in [1.807, 2.05) is 13.0 Å². The molecular formula is C22H22N2O3S. The van der Waals surface area contributed by atoms with E-state index in [0.29, 0.717) is 17.7 Å². The molecule has 0 aliphatic carbocycles. The maximum Gasteiger partial charge on any atom is 0.264 e. The molecule has 0 saturated carbocycles. The topological polar surface area (TPSA) is 67.3 Å². The summed E-state index contributed by atoms with van der Waals surface area (Å²) in [6.45, 7) is 2.10. The fraction of sp³-hybridized carbons (Fsp3) is 0.182. The Morgan fingerprint density at radius 3 is 2.29 bits per heavy atom. The second-order valence-electron chi connectivity index (χ2n) is 6.41. The van der Waals surface area contributed by atoms with Gasteiger partial charge in [-0.15, -0.1) is 0 Å². The number of nitrogens with zero attached hydrogens (tertiary/aromatic N) is 2. The molecular weight excluding hydrogens is 372 g/mol. The van der Waals surface area contributed by atoms with Crippen LogP contribution in [0.15, 0.2) is 84.0 Å². The first-order valence-electron chi connectivity index (χ1n) is 9.12. The first kappa shape index (κ1) is 19.8. The zero-order valence-corrected chi connectivity index (χ0v) is 16.5. The Labute approximate surface area is 165 Å². The number of Topliss-reactive ketones (excluding diaryl/α,β-unsaturated/α-hetero) is 1. The minimum absolute atomic E-state index is 0.0544. The highest BCUT2D eigenvalue weighted by atomic mass is 32.2. The first-order valence-corrected chi connectivity index (χ1v) is 10.6. The summed E-state index contributed by atoms with van der Waals surface area (Å²) in [6.07, 6.45) is 4.54.